The smallest absolute Gasteiger partial charge is 0.419 e. The molecule has 0 saturated carbocycles. The van der Waals surface area contributed by atoms with Gasteiger partial charge >= 0.3 is 18.2 Å². The molecular formula is C15H15F3N4O4. The van der Waals surface area contributed by atoms with Crippen LogP contribution in [0.2, 0.25) is 0 Å². The first-order chi connectivity index (χ1) is 12.1. The fourth-order valence-corrected chi connectivity index (χ4v) is 2.61. The minimum absolute atomic E-state index is 0.0206. The normalized spacial score (nSPS) is 17.6. The highest BCUT2D eigenvalue weighted by Crippen LogP contribution is 2.33. The molecule has 1 N–H and O–H groups in total. The molecule has 0 aromatic carbocycles. The number of piperazine rings is 1. The average molecular weight is 372 g/mol. The van der Waals surface area contributed by atoms with Crippen molar-refractivity contribution in [3.05, 3.63) is 23.4 Å². The van der Waals surface area contributed by atoms with Crippen LogP contribution >= 0.6 is 0 Å². The van der Waals surface area contributed by atoms with E-state index < -0.39 is 35.4 Å². The lowest BCUT2D eigenvalue weighted by molar-refractivity contribution is -0.141. The Morgan fingerprint density at radius 1 is 1.46 bits per heavy atom. The number of carboxylic acid groups (broad SMARTS) is 1. The van der Waals surface area contributed by atoms with Crippen LogP contribution in [-0.4, -0.2) is 59.3 Å². The number of hydrogen-bond donors (Lipinski definition) is 1. The summed E-state index contributed by atoms with van der Waals surface area (Å²) in [7, 11) is 0. The van der Waals surface area contributed by atoms with E-state index in [1.165, 1.54) is 17.9 Å². The van der Waals surface area contributed by atoms with Gasteiger partial charge in [-0.05, 0) is 6.07 Å². The highest BCUT2D eigenvalue weighted by Gasteiger charge is 2.36. The summed E-state index contributed by atoms with van der Waals surface area (Å²) in [6, 6.07) is 1.86. The second-order valence-electron chi connectivity index (χ2n) is 5.58. The van der Waals surface area contributed by atoms with Gasteiger partial charge in [0.25, 0.3) is 0 Å². The topological polar surface area (TPSA) is 107 Å². The van der Waals surface area contributed by atoms with Crippen molar-refractivity contribution < 1.29 is 32.6 Å². The monoisotopic (exact) mass is 372 g/mol. The SMILES string of the molecule is CC(=O)OCC1CN(C(=O)O)CCN1c1cc(C#N)c(C(F)(F)F)cn1. The number of carbonyl (C=O) groups is 2. The van der Waals surface area contributed by atoms with Gasteiger partial charge in [-0.3, -0.25) is 4.79 Å². The second kappa shape index (κ2) is 7.47. The Kier molecular flexibility index (Phi) is 5.54. The van der Waals surface area contributed by atoms with Crippen molar-refractivity contribution in [2.24, 2.45) is 0 Å². The fraction of sp³-hybridized carbons (Fsp3) is 0.467. The van der Waals surface area contributed by atoms with Crippen LogP contribution in [0.15, 0.2) is 12.3 Å². The number of anilines is 1. The van der Waals surface area contributed by atoms with E-state index in [4.69, 9.17) is 15.1 Å². The van der Waals surface area contributed by atoms with Gasteiger partial charge in [-0.2, -0.15) is 18.4 Å². The van der Waals surface area contributed by atoms with Crippen LogP contribution in [0.4, 0.5) is 23.8 Å². The number of nitrogens with zero attached hydrogens (tertiary/aromatic N) is 4. The summed E-state index contributed by atoms with van der Waals surface area (Å²) in [5.41, 5.74) is -1.74. The lowest BCUT2D eigenvalue weighted by atomic mass is 10.1. The van der Waals surface area contributed by atoms with Gasteiger partial charge in [0.2, 0.25) is 0 Å². The van der Waals surface area contributed by atoms with Gasteiger partial charge in [-0.25, -0.2) is 9.78 Å². The summed E-state index contributed by atoms with van der Waals surface area (Å²) >= 11 is 0. The summed E-state index contributed by atoms with van der Waals surface area (Å²) in [5, 5.41) is 18.1. The minimum atomic E-state index is -4.71. The molecule has 11 heteroatoms. The molecule has 140 valence electrons. The molecule has 2 heterocycles. The molecule has 8 nitrogen and oxygen atoms in total. The Morgan fingerprint density at radius 2 is 2.15 bits per heavy atom. The van der Waals surface area contributed by atoms with E-state index in [1.54, 1.807) is 0 Å². The second-order valence-corrected chi connectivity index (χ2v) is 5.58. The number of alkyl halides is 3. The Balaban J connectivity index is 2.33. The van der Waals surface area contributed by atoms with Crippen LogP contribution in [0.25, 0.3) is 0 Å². The average Bonchev–Trinajstić information content (AvgIpc) is 2.58. The molecule has 1 atom stereocenters. The first-order valence-corrected chi connectivity index (χ1v) is 7.48. The van der Waals surface area contributed by atoms with Gasteiger partial charge in [0.1, 0.15) is 12.4 Å². The Labute approximate surface area is 146 Å². The molecule has 1 fully saturated rings. The number of carbonyl (C=O) groups excluding carboxylic acids is 1. The number of rotatable bonds is 3. The van der Waals surface area contributed by atoms with E-state index in [9.17, 15) is 22.8 Å². The van der Waals surface area contributed by atoms with Crippen LogP contribution in [0.3, 0.4) is 0 Å². The van der Waals surface area contributed by atoms with Crippen molar-refractivity contribution in [1.29, 1.82) is 5.26 Å². The highest BCUT2D eigenvalue weighted by molar-refractivity contribution is 5.67. The number of halogens is 3. The summed E-state index contributed by atoms with van der Waals surface area (Å²) in [5.74, 6) is -0.493. The molecule has 26 heavy (non-hydrogen) atoms. The van der Waals surface area contributed by atoms with Gasteiger partial charge in [0.05, 0.1) is 23.2 Å². The predicted molar refractivity (Wildman–Crippen MR) is 81.3 cm³/mol. The van der Waals surface area contributed by atoms with E-state index in [1.807, 2.05) is 0 Å². The maximum absolute atomic E-state index is 12.9. The van der Waals surface area contributed by atoms with Crippen LogP contribution in [0, 0.1) is 11.3 Å². The van der Waals surface area contributed by atoms with Gasteiger partial charge in [-0.1, -0.05) is 0 Å². The highest BCUT2D eigenvalue weighted by atomic mass is 19.4. The zero-order valence-corrected chi connectivity index (χ0v) is 13.7. The van der Waals surface area contributed by atoms with Crippen molar-refractivity contribution in [3.8, 4) is 6.07 Å². The number of nitriles is 1. The van der Waals surface area contributed by atoms with E-state index in [0.29, 0.717) is 6.20 Å². The van der Waals surface area contributed by atoms with Crippen LogP contribution in [0.5, 0.6) is 0 Å². The summed E-state index contributed by atoms with van der Waals surface area (Å²) in [4.78, 5) is 28.6. The molecule has 1 saturated heterocycles. The van der Waals surface area contributed by atoms with E-state index in [0.717, 1.165) is 11.0 Å². The van der Waals surface area contributed by atoms with E-state index >= 15 is 0 Å². The number of pyridine rings is 1. The zero-order valence-electron chi connectivity index (χ0n) is 13.7. The lowest BCUT2D eigenvalue weighted by Crippen LogP contribution is -2.56. The van der Waals surface area contributed by atoms with Crippen LogP contribution < -0.4 is 4.90 Å². The molecule has 2 rings (SSSR count). The molecule has 1 aliphatic rings. The van der Waals surface area contributed by atoms with Gasteiger partial charge in [0, 0.05) is 32.8 Å². The molecule has 0 radical (unpaired) electrons. The predicted octanol–water partition coefficient (Wildman–Crippen LogP) is 1.70. The minimum Gasteiger partial charge on any atom is -0.465 e. The standard InChI is InChI=1S/C15H15F3N4O4/c1-9(23)26-8-11-7-21(14(24)25)2-3-22(11)13-4-10(5-19)12(6-20-13)15(16,17)18/h4,6,11H,2-3,7-8H2,1H3,(H,24,25). The summed E-state index contributed by atoms with van der Waals surface area (Å²) in [6.45, 7) is 1.22. The van der Waals surface area contributed by atoms with Crippen LogP contribution in [0.1, 0.15) is 18.1 Å². The van der Waals surface area contributed by atoms with Gasteiger partial charge < -0.3 is 19.6 Å². The molecule has 0 spiro atoms. The molecule has 0 aliphatic carbocycles. The van der Waals surface area contributed by atoms with Crippen LogP contribution in [-0.2, 0) is 15.7 Å². The third-order valence-corrected chi connectivity index (χ3v) is 3.84. The number of esters is 1. The molecule has 1 amide bonds. The number of ether oxygens (including phenoxy) is 1. The number of aromatic nitrogens is 1. The Hall–Kier alpha value is -3.03. The third-order valence-electron chi connectivity index (χ3n) is 3.84. The maximum atomic E-state index is 12.9. The Bertz CT molecular complexity index is 747. The van der Waals surface area contributed by atoms with Gasteiger partial charge in [0.15, 0.2) is 0 Å². The van der Waals surface area contributed by atoms with E-state index in [2.05, 4.69) is 4.98 Å². The van der Waals surface area contributed by atoms with Crippen molar-refractivity contribution in [1.82, 2.24) is 9.88 Å². The summed E-state index contributed by atoms with van der Waals surface area (Å²) < 4.78 is 43.6. The third kappa shape index (κ3) is 4.33. The lowest BCUT2D eigenvalue weighted by Gasteiger charge is -2.40. The molecule has 1 aromatic rings. The fourth-order valence-electron chi connectivity index (χ4n) is 2.61. The molecule has 1 aliphatic heterocycles. The number of amides is 1. The molecule has 1 unspecified atom stereocenters. The molecule has 1 aromatic heterocycles. The largest absolute Gasteiger partial charge is 0.465 e. The quantitative estimate of drug-likeness (QED) is 0.805. The van der Waals surface area contributed by atoms with Gasteiger partial charge in [-0.15, -0.1) is 0 Å². The van der Waals surface area contributed by atoms with Crippen molar-refractivity contribution >= 4 is 17.9 Å². The van der Waals surface area contributed by atoms with Crippen molar-refractivity contribution in [2.45, 2.75) is 19.1 Å². The van der Waals surface area contributed by atoms with Crippen molar-refractivity contribution in [2.75, 3.05) is 31.1 Å². The summed E-state index contributed by atoms with van der Waals surface area (Å²) in [6.07, 6.45) is -5.30. The molecule has 0 bridgehead atoms. The van der Waals surface area contributed by atoms with Crippen molar-refractivity contribution in [3.63, 3.8) is 0 Å². The maximum Gasteiger partial charge on any atom is 0.419 e. The van der Waals surface area contributed by atoms with E-state index in [-0.39, 0.29) is 32.1 Å². The first kappa shape index (κ1) is 19.3. The molecular weight excluding hydrogens is 357 g/mol. The zero-order chi connectivity index (χ0) is 19.5. The first-order valence-electron chi connectivity index (χ1n) is 7.48. The Morgan fingerprint density at radius 3 is 2.69 bits per heavy atom. The number of hydrogen-bond acceptors (Lipinski definition) is 6.